The van der Waals surface area contributed by atoms with Gasteiger partial charge in [-0.3, -0.25) is 9.78 Å². The third-order valence-corrected chi connectivity index (χ3v) is 2.93. The Bertz CT molecular complexity index is 528. The van der Waals surface area contributed by atoms with Gasteiger partial charge in [0, 0.05) is 6.20 Å². The number of nitrogens with zero attached hydrogens (tertiary/aromatic N) is 1. The Morgan fingerprint density at radius 1 is 1.33 bits per heavy atom. The van der Waals surface area contributed by atoms with Crippen LogP contribution in [-0.2, 0) is 11.0 Å². The standard InChI is InChI=1S/C13H15F3N2O3/c1-3-6-12(2,11(20)21)18-10(19)9-5-4-8(7-17-9)13(14,15)16/h4-5,7H,3,6H2,1-2H3,(H,18,19)(H,20,21). The number of amides is 1. The van der Waals surface area contributed by atoms with Crippen LogP contribution in [0.25, 0.3) is 0 Å². The minimum atomic E-state index is -4.54. The molecule has 1 aromatic rings. The fraction of sp³-hybridized carbons (Fsp3) is 0.462. The van der Waals surface area contributed by atoms with Crippen molar-refractivity contribution < 1.29 is 27.9 Å². The van der Waals surface area contributed by atoms with Crippen molar-refractivity contribution in [2.45, 2.75) is 38.4 Å². The van der Waals surface area contributed by atoms with Gasteiger partial charge >= 0.3 is 12.1 Å². The highest BCUT2D eigenvalue weighted by Gasteiger charge is 2.35. The van der Waals surface area contributed by atoms with E-state index in [-0.39, 0.29) is 12.1 Å². The molecule has 8 heteroatoms. The molecule has 2 N–H and O–H groups in total. The Balaban J connectivity index is 2.91. The molecule has 1 amide bonds. The maximum absolute atomic E-state index is 12.4. The molecule has 0 spiro atoms. The molecule has 116 valence electrons. The third-order valence-electron chi connectivity index (χ3n) is 2.93. The molecule has 0 aliphatic rings. The molecule has 0 fully saturated rings. The van der Waals surface area contributed by atoms with Crippen LogP contribution in [0.1, 0.15) is 42.7 Å². The van der Waals surface area contributed by atoms with Crippen LogP contribution in [0.3, 0.4) is 0 Å². The van der Waals surface area contributed by atoms with Crippen molar-refractivity contribution in [1.29, 1.82) is 0 Å². The molecular weight excluding hydrogens is 289 g/mol. The summed E-state index contributed by atoms with van der Waals surface area (Å²) in [5.41, 5.74) is -2.74. The van der Waals surface area contributed by atoms with E-state index in [1.165, 1.54) is 6.92 Å². The quantitative estimate of drug-likeness (QED) is 0.876. The Morgan fingerprint density at radius 2 is 1.95 bits per heavy atom. The van der Waals surface area contributed by atoms with Crippen LogP contribution in [0.15, 0.2) is 18.3 Å². The lowest BCUT2D eigenvalue weighted by atomic mass is 9.96. The Hall–Kier alpha value is -2.12. The second-order valence-electron chi connectivity index (χ2n) is 4.77. The normalized spacial score (nSPS) is 14.3. The van der Waals surface area contributed by atoms with E-state index in [1.54, 1.807) is 6.92 Å². The Kier molecular flexibility index (Phi) is 4.93. The number of hydrogen-bond acceptors (Lipinski definition) is 3. The molecule has 1 atom stereocenters. The number of pyridine rings is 1. The maximum Gasteiger partial charge on any atom is 0.417 e. The number of aliphatic carboxylic acids is 1. The number of aromatic nitrogens is 1. The summed E-state index contributed by atoms with van der Waals surface area (Å²) in [5, 5.41) is 11.4. The van der Waals surface area contributed by atoms with Crippen molar-refractivity contribution in [1.82, 2.24) is 10.3 Å². The number of carbonyl (C=O) groups excluding carboxylic acids is 1. The molecule has 21 heavy (non-hydrogen) atoms. The molecule has 0 aliphatic heterocycles. The molecule has 0 radical (unpaired) electrons. The predicted molar refractivity (Wildman–Crippen MR) is 67.7 cm³/mol. The number of rotatable bonds is 5. The first-order valence-electron chi connectivity index (χ1n) is 6.19. The second kappa shape index (κ2) is 6.11. The fourth-order valence-electron chi connectivity index (χ4n) is 1.73. The van der Waals surface area contributed by atoms with Gasteiger partial charge in [0.2, 0.25) is 0 Å². The highest BCUT2D eigenvalue weighted by Crippen LogP contribution is 2.28. The van der Waals surface area contributed by atoms with E-state index in [9.17, 15) is 22.8 Å². The average molecular weight is 304 g/mol. The fourth-order valence-corrected chi connectivity index (χ4v) is 1.73. The van der Waals surface area contributed by atoms with Crippen LogP contribution in [0, 0.1) is 0 Å². The first-order valence-corrected chi connectivity index (χ1v) is 6.19. The number of halogens is 3. The van der Waals surface area contributed by atoms with E-state index in [0.717, 1.165) is 12.1 Å². The first-order chi connectivity index (χ1) is 9.60. The summed E-state index contributed by atoms with van der Waals surface area (Å²) < 4.78 is 37.1. The van der Waals surface area contributed by atoms with Crippen molar-refractivity contribution in [2.75, 3.05) is 0 Å². The summed E-state index contributed by atoms with van der Waals surface area (Å²) in [6.07, 6.45) is -3.30. The van der Waals surface area contributed by atoms with Gasteiger partial charge in [0.15, 0.2) is 0 Å². The van der Waals surface area contributed by atoms with E-state index >= 15 is 0 Å². The Labute approximate surface area is 119 Å². The predicted octanol–water partition coefficient (Wildman–Crippen LogP) is 2.47. The summed E-state index contributed by atoms with van der Waals surface area (Å²) >= 11 is 0. The SMILES string of the molecule is CCCC(C)(NC(=O)c1ccc(C(F)(F)F)cn1)C(=O)O. The Morgan fingerprint density at radius 3 is 2.33 bits per heavy atom. The van der Waals surface area contributed by atoms with E-state index in [1.807, 2.05) is 0 Å². The van der Waals surface area contributed by atoms with Gasteiger partial charge in [-0.2, -0.15) is 13.2 Å². The number of hydrogen-bond donors (Lipinski definition) is 2. The lowest BCUT2D eigenvalue weighted by Crippen LogP contribution is -2.52. The summed E-state index contributed by atoms with van der Waals surface area (Å²) in [7, 11) is 0. The van der Waals surface area contributed by atoms with E-state index < -0.39 is 29.2 Å². The second-order valence-corrected chi connectivity index (χ2v) is 4.77. The zero-order valence-corrected chi connectivity index (χ0v) is 11.5. The molecule has 1 unspecified atom stereocenters. The molecule has 1 heterocycles. The van der Waals surface area contributed by atoms with Crippen LogP contribution >= 0.6 is 0 Å². The third kappa shape index (κ3) is 4.17. The van der Waals surface area contributed by atoms with Crippen molar-refractivity contribution in [3.8, 4) is 0 Å². The van der Waals surface area contributed by atoms with E-state index in [4.69, 9.17) is 5.11 Å². The molecular formula is C13H15F3N2O3. The average Bonchev–Trinajstić information content (AvgIpc) is 2.37. The molecule has 5 nitrogen and oxygen atoms in total. The van der Waals surface area contributed by atoms with Crippen LogP contribution in [0.5, 0.6) is 0 Å². The van der Waals surface area contributed by atoms with Crippen LogP contribution in [0.2, 0.25) is 0 Å². The molecule has 0 aliphatic carbocycles. The van der Waals surface area contributed by atoms with Crippen LogP contribution in [-0.4, -0.2) is 27.5 Å². The lowest BCUT2D eigenvalue weighted by molar-refractivity contribution is -0.144. The zero-order valence-electron chi connectivity index (χ0n) is 11.5. The number of carbonyl (C=O) groups is 2. The molecule has 0 saturated heterocycles. The van der Waals surface area contributed by atoms with Gasteiger partial charge in [-0.15, -0.1) is 0 Å². The van der Waals surface area contributed by atoms with Gasteiger partial charge < -0.3 is 10.4 Å². The minimum absolute atomic E-state index is 0.189. The van der Waals surface area contributed by atoms with Crippen LogP contribution < -0.4 is 5.32 Å². The van der Waals surface area contributed by atoms with Crippen molar-refractivity contribution in [2.24, 2.45) is 0 Å². The molecule has 0 saturated carbocycles. The van der Waals surface area contributed by atoms with Gasteiger partial charge in [-0.05, 0) is 25.5 Å². The zero-order chi connectivity index (χ0) is 16.3. The van der Waals surface area contributed by atoms with E-state index in [2.05, 4.69) is 10.3 Å². The molecule has 1 aromatic heterocycles. The number of nitrogens with one attached hydrogen (secondary N) is 1. The largest absolute Gasteiger partial charge is 0.480 e. The van der Waals surface area contributed by atoms with Crippen LogP contribution in [0.4, 0.5) is 13.2 Å². The van der Waals surface area contributed by atoms with Gasteiger partial charge in [0.25, 0.3) is 5.91 Å². The first kappa shape index (κ1) is 16.9. The van der Waals surface area contributed by atoms with Gasteiger partial charge in [-0.1, -0.05) is 13.3 Å². The van der Waals surface area contributed by atoms with Gasteiger partial charge in [0.05, 0.1) is 5.56 Å². The molecule has 1 rings (SSSR count). The molecule has 0 aromatic carbocycles. The summed E-state index contributed by atoms with van der Waals surface area (Å²) in [4.78, 5) is 26.5. The lowest BCUT2D eigenvalue weighted by Gasteiger charge is -2.25. The van der Waals surface area contributed by atoms with Gasteiger partial charge in [0.1, 0.15) is 11.2 Å². The maximum atomic E-state index is 12.4. The summed E-state index contributed by atoms with van der Waals surface area (Å²) in [5.74, 6) is -2.05. The highest BCUT2D eigenvalue weighted by atomic mass is 19.4. The number of alkyl halides is 3. The highest BCUT2D eigenvalue weighted by molar-refractivity contribution is 5.96. The van der Waals surface area contributed by atoms with Crippen molar-refractivity contribution >= 4 is 11.9 Å². The molecule has 0 bridgehead atoms. The smallest absolute Gasteiger partial charge is 0.417 e. The van der Waals surface area contributed by atoms with E-state index in [0.29, 0.717) is 12.6 Å². The monoisotopic (exact) mass is 304 g/mol. The number of carboxylic acid groups (broad SMARTS) is 1. The minimum Gasteiger partial charge on any atom is -0.480 e. The summed E-state index contributed by atoms with van der Waals surface area (Å²) in [6.45, 7) is 3.09. The number of carboxylic acids is 1. The summed E-state index contributed by atoms with van der Waals surface area (Å²) in [6, 6.07) is 1.63. The van der Waals surface area contributed by atoms with Gasteiger partial charge in [-0.25, -0.2) is 4.79 Å². The van der Waals surface area contributed by atoms with Crippen molar-refractivity contribution in [3.63, 3.8) is 0 Å². The topological polar surface area (TPSA) is 79.3 Å². The van der Waals surface area contributed by atoms with Crippen molar-refractivity contribution in [3.05, 3.63) is 29.6 Å².